The average Bonchev–Trinajstić information content (AvgIpc) is 2.71. The Morgan fingerprint density at radius 2 is 2.12 bits per heavy atom. The molecule has 1 aromatic carbocycles. The van der Waals surface area contributed by atoms with E-state index in [-0.39, 0.29) is 18.4 Å². The Hall–Kier alpha value is -1.79. The van der Waals surface area contributed by atoms with Gasteiger partial charge in [0.2, 0.25) is 5.91 Å². The highest BCUT2D eigenvalue weighted by Crippen LogP contribution is 2.24. The smallest absolute Gasteiger partial charge is 0.228 e. The summed E-state index contributed by atoms with van der Waals surface area (Å²) in [4.78, 5) is 13.4. The molecule has 1 saturated heterocycles. The molecule has 0 aromatic heterocycles. The zero-order valence-electron chi connectivity index (χ0n) is 8.89. The molecule has 2 rings (SSSR count). The number of anilines is 1. The number of aliphatic hydroxyl groups is 1. The van der Waals surface area contributed by atoms with Gasteiger partial charge in [0.05, 0.1) is 6.61 Å². The summed E-state index contributed by atoms with van der Waals surface area (Å²) in [6.45, 7) is 0.606. The summed E-state index contributed by atoms with van der Waals surface area (Å²) in [7, 11) is 0. The minimum Gasteiger partial charge on any atom is -0.392 e. The van der Waals surface area contributed by atoms with Gasteiger partial charge in [0.1, 0.15) is 0 Å². The van der Waals surface area contributed by atoms with Crippen molar-refractivity contribution < 1.29 is 9.90 Å². The van der Waals surface area contributed by atoms with Crippen molar-refractivity contribution in [3.63, 3.8) is 0 Å². The molecule has 1 fully saturated rings. The molecule has 16 heavy (non-hydrogen) atoms. The molecule has 0 spiro atoms. The largest absolute Gasteiger partial charge is 0.392 e. The van der Waals surface area contributed by atoms with E-state index in [2.05, 4.69) is 5.92 Å². The molecular formula is C13H13NO2. The third-order valence-corrected chi connectivity index (χ3v) is 2.79. The average molecular weight is 215 g/mol. The lowest BCUT2D eigenvalue weighted by molar-refractivity contribution is -0.117. The number of aliphatic hydroxyl groups excluding tert-OH is 1. The van der Waals surface area contributed by atoms with Gasteiger partial charge in [-0.25, -0.2) is 0 Å². The summed E-state index contributed by atoms with van der Waals surface area (Å²) < 4.78 is 0. The van der Waals surface area contributed by atoms with Crippen LogP contribution in [-0.4, -0.2) is 17.6 Å². The Labute approximate surface area is 94.7 Å². The van der Waals surface area contributed by atoms with Crippen LogP contribution in [0, 0.1) is 18.3 Å². The van der Waals surface area contributed by atoms with Crippen LogP contribution in [0.3, 0.4) is 0 Å². The monoisotopic (exact) mass is 215 g/mol. The van der Waals surface area contributed by atoms with Crippen molar-refractivity contribution >= 4 is 11.6 Å². The highest BCUT2D eigenvalue weighted by atomic mass is 16.3. The van der Waals surface area contributed by atoms with Crippen LogP contribution in [-0.2, 0) is 11.4 Å². The van der Waals surface area contributed by atoms with E-state index in [4.69, 9.17) is 11.5 Å². The normalized spacial score (nSPS) is 19.9. The molecule has 3 nitrogen and oxygen atoms in total. The van der Waals surface area contributed by atoms with Gasteiger partial charge in [0.25, 0.3) is 0 Å². The van der Waals surface area contributed by atoms with Gasteiger partial charge in [-0.15, -0.1) is 12.3 Å². The molecule has 0 bridgehead atoms. The maximum Gasteiger partial charge on any atom is 0.228 e. The summed E-state index contributed by atoms with van der Waals surface area (Å²) in [6.07, 6.45) is 5.75. The number of nitrogens with zero attached hydrogens (tertiary/aromatic N) is 1. The Bertz CT molecular complexity index is 430. The summed E-state index contributed by atoms with van der Waals surface area (Å²) in [5, 5.41) is 8.92. The molecule has 3 heteroatoms. The van der Waals surface area contributed by atoms with Gasteiger partial charge in [-0.1, -0.05) is 12.1 Å². The highest BCUT2D eigenvalue weighted by molar-refractivity contribution is 5.96. The number of hydrogen-bond acceptors (Lipinski definition) is 2. The van der Waals surface area contributed by atoms with Crippen LogP contribution in [0.25, 0.3) is 0 Å². The van der Waals surface area contributed by atoms with E-state index in [1.165, 1.54) is 0 Å². The third kappa shape index (κ3) is 1.93. The lowest BCUT2D eigenvalue weighted by Crippen LogP contribution is -2.24. The molecule has 1 N–H and O–H groups in total. The second-order valence-electron chi connectivity index (χ2n) is 3.90. The second-order valence-corrected chi connectivity index (χ2v) is 3.90. The first-order valence-corrected chi connectivity index (χ1v) is 5.21. The first kappa shape index (κ1) is 10.7. The fourth-order valence-electron chi connectivity index (χ4n) is 1.85. The Kier molecular flexibility index (Phi) is 2.93. The number of carbonyl (C=O) groups excluding carboxylic acids is 1. The molecule has 0 saturated carbocycles. The Balaban J connectivity index is 2.18. The summed E-state index contributed by atoms with van der Waals surface area (Å²) in [5.41, 5.74) is 1.68. The molecule has 1 aliphatic rings. The Morgan fingerprint density at radius 3 is 2.62 bits per heavy atom. The van der Waals surface area contributed by atoms with E-state index in [9.17, 15) is 4.79 Å². The molecule has 1 unspecified atom stereocenters. The molecular weight excluding hydrogens is 202 g/mol. The van der Waals surface area contributed by atoms with Crippen LogP contribution in [0.1, 0.15) is 12.0 Å². The Morgan fingerprint density at radius 1 is 1.44 bits per heavy atom. The number of amides is 1. The lowest BCUT2D eigenvalue weighted by atomic mass is 10.1. The summed E-state index contributed by atoms with van der Waals surface area (Å²) in [6, 6.07) is 7.29. The number of rotatable bonds is 2. The molecule has 1 heterocycles. The maximum absolute atomic E-state index is 11.7. The zero-order valence-corrected chi connectivity index (χ0v) is 8.89. The molecule has 82 valence electrons. The third-order valence-electron chi connectivity index (χ3n) is 2.79. The minimum atomic E-state index is 0.0151. The van der Waals surface area contributed by atoms with Crippen molar-refractivity contribution in [3.8, 4) is 12.3 Å². The van der Waals surface area contributed by atoms with E-state index in [0.717, 1.165) is 11.3 Å². The van der Waals surface area contributed by atoms with E-state index in [1.807, 2.05) is 24.3 Å². The van der Waals surface area contributed by atoms with Crippen molar-refractivity contribution in [2.75, 3.05) is 11.4 Å². The van der Waals surface area contributed by atoms with Gasteiger partial charge < -0.3 is 10.0 Å². The van der Waals surface area contributed by atoms with Gasteiger partial charge in [0, 0.05) is 24.6 Å². The molecule has 1 aliphatic heterocycles. The van der Waals surface area contributed by atoms with Crippen molar-refractivity contribution in [2.24, 2.45) is 5.92 Å². The first-order chi connectivity index (χ1) is 7.74. The predicted molar refractivity (Wildman–Crippen MR) is 61.7 cm³/mol. The first-order valence-electron chi connectivity index (χ1n) is 5.21. The van der Waals surface area contributed by atoms with Crippen molar-refractivity contribution in [3.05, 3.63) is 29.8 Å². The summed E-state index contributed by atoms with van der Waals surface area (Å²) >= 11 is 0. The molecule has 1 atom stereocenters. The van der Waals surface area contributed by atoms with E-state index in [0.29, 0.717) is 13.0 Å². The molecule has 1 aromatic rings. The van der Waals surface area contributed by atoms with Crippen molar-refractivity contribution in [2.45, 2.75) is 13.0 Å². The number of carbonyl (C=O) groups is 1. The number of benzene rings is 1. The zero-order chi connectivity index (χ0) is 11.5. The van der Waals surface area contributed by atoms with Crippen molar-refractivity contribution in [1.29, 1.82) is 0 Å². The van der Waals surface area contributed by atoms with Crippen LogP contribution in [0.4, 0.5) is 5.69 Å². The summed E-state index contributed by atoms with van der Waals surface area (Å²) in [5.74, 6) is 2.70. The standard InChI is InChI=1S/C13H13NO2/c1-2-10-7-13(16)14(8-10)12-5-3-11(9-15)4-6-12/h1,3-6,10,15H,7-9H2. The molecule has 1 amide bonds. The van der Waals surface area contributed by atoms with Crippen LogP contribution in [0.15, 0.2) is 24.3 Å². The SMILES string of the molecule is C#CC1CC(=O)N(c2ccc(CO)cc2)C1. The van der Waals surface area contributed by atoms with E-state index in [1.54, 1.807) is 4.90 Å². The van der Waals surface area contributed by atoms with Crippen LogP contribution in [0.5, 0.6) is 0 Å². The van der Waals surface area contributed by atoms with Crippen LogP contribution < -0.4 is 4.90 Å². The number of terminal acetylenes is 1. The minimum absolute atomic E-state index is 0.0151. The molecule has 0 aliphatic carbocycles. The fourth-order valence-corrected chi connectivity index (χ4v) is 1.85. The van der Waals surface area contributed by atoms with Gasteiger partial charge in [0.15, 0.2) is 0 Å². The second kappa shape index (κ2) is 4.38. The maximum atomic E-state index is 11.7. The van der Waals surface area contributed by atoms with Gasteiger partial charge in [-0.3, -0.25) is 4.79 Å². The van der Waals surface area contributed by atoms with Gasteiger partial charge in [-0.2, -0.15) is 0 Å². The predicted octanol–water partition coefficient (Wildman–Crippen LogP) is 1.17. The van der Waals surface area contributed by atoms with Crippen molar-refractivity contribution in [1.82, 2.24) is 0 Å². The van der Waals surface area contributed by atoms with Crippen LogP contribution in [0.2, 0.25) is 0 Å². The quantitative estimate of drug-likeness (QED) is 0.752. The van der Waals surface area contributed by atoms with Crippen LogP contribution >= 0.6 is 0 Å². The van der Waals surface area contributed by atoms with E-state index < -0.39 is 0 Å². The molecule has 0 radical (unpaired) electrons. The fraction of sp³-hybridized carbons (Fsp3) is 0.308. The van der Waals surface area contributed by atoms with Gasteiger partial charge in [-0.05, 0) is 17.7 Å². The topological polar surface area (TPSA) is 40.5 Å². The lowest BCUT2D eigenvalue weighted by Gasteiger charge is -2.16. The number of hydrogen-bond donors (Lipinski definition) is 1. The van der Waals surface area contributed by atoms with Gasteiger partial charge >= 0.3 is 0 Å². The van der Waals surface area contributed by atoms with E-state index >= 15 is 0 Å². The highest BCUT2D eigenvalue weighted by Gasteiger charge is 2.29.